The molecular weight excluding hydrogens is 551 g/mol. The van der Waals surface area contributed by atoms with E-state index in [1.165, 1.54) is 11.1 Å². The van der Waals surface area contributed by atoms with Crippen molar-refractivity contribution in [3.8, 4) is 11.4 Å². The van der Waals surface area contributed by atoms with Gasteiger partial charge in [0, 0.05) is 29.4 Å². The smallest absolute Gasteiger partial charge is 0.226 e. The number of allylic oxidation sites excluding steroid dienone is 1. The largest absolute Gasteiger partial charge is 0.494 e. The SMILES string of the molecule is C[C@]12Cc3cn(-c4ccc(OCCCP)cc4)nc3C=C1CC[C@@H]1[C@@H]2C(=O)C[C@@]2(C)[C@H]1CC[C@@]21OCOC12COCO2. The lowest BCUT2D eigenvalue weighted by Crippen LogP contribution is -2.65. The van der Waals surface area contributed by atoms with Gasteiger partial charge in [0.15, 0.2) is 13.6 Å². The summed E-state index contributed by atoms with van der Waals surface area (Å²) >= 11 is 0. The molecule has 0 N–H and O–H groups in total. The zero-order valence-corrected chi connectivity index (χ0v) is 25.8. The van der Waals surface area contributed by atoms with Crippen LogP contribution in [-0.4, -0.2) is 59.9 Å². The molecular formula is C33H41N2O6P. The molecule has 0 amide bonds. The van der Waals surface area contributed by atoms with Gasteiger partial charge in [-0.05, 0) is 92.4 Å². The third-order valence-electron chi connectivity index (χ3n) is 11.8. The summed E-state index contributed by atoms with van der Waals surface area (Å²) in [7, 11) is 2.74. The Balaban J connectivity index is 1.07. The van der Waals surface area contributed by atoms with E-state index in [1.54, 1.807) is 0 Å². The Labute approximate surface area is 249 Å². The molecule has 1 aromatic carbocycles. The van der Waals surface area contributed by atoms with Gasteiger partial charge < -0.3 is 23.7 Å². The average molecular weight is 593 g/mol. The molecule has 3 saturated carbocycles. The molecule has 6 aliphatic rings. The summed E-state index contributed by atoms with van der Waals surface area (Å²) in [6, 6.07) is 8.16. The molecule has 2 unspecified atom stereocenters. The zero-order chi connectivity index (χ0) is 28.7. The molecule has 0 bridgehead atoms. The van der Waals surface area contributed by atoms with Crippen molar-refractivity contribution in [2.75, 3.05) is 33.0 Å². The summed E-state index contributed by atoms with van der Waals surface area (Å²) in [6.07, 6.45) is 11.7. The minimum absolute atomic E-state index is 0.000745. The number of rotatable bonds is 5. The molecule has 2 aliphatic heterocycles. The Morgan fingerprint density at radius 3 is 2.71 bits per heavy atom. The summed E-state index contributed by atoms with van der Waals surface area (Å²) in [4.78, 5) is 14.4. The van der Waals surface area contributed by atoms with Gasteiger partial charge in [0.05, 0.1) is 18.0 Å². The van der Waals surface area contributed by atoms with Crippen LogP contribution in [0.3, 0.4) is 0 Å². The molecule has 8 atom stereocenters. The molecule has 8 nitrogen and oxygen atoms in total. The Kier molecular flexibility index (Phi) is 6.34. The van der Waals surface area contributed by atoms with E-state index in [2.05, 4.69) is 47.5 Å². The van der Waals surface area contributed by atoms with Crippen LogP contribution in [-0.2, 0) is 30.2 Å². The Morgan fingerprint density at radius 1 is 1.10 bits per heavy atom. The minimum atomic E-state index is -0.902. The summed E-state index contributed by atoms with van der Waals surface area (Å²) < 4.78 is 32.2. The second kappa shape index (κ2) is 9.70. The monoisotopic (exact) mass is 592 g/mol. The van der Waals surface area contributed by atoms with Crippen LogP contribution in [0, 0.1) is 28.6 Å². The lowest BCUT2D eigenvalue weighted by atomic mass is 9.45. The predicted molar refractivity (Wildman–Crippen MR) is 159 cm³/mol. The van der Waals surface area contributed by atoms with Crippen LogP contribution >= 0.6 is 9.24 Å². The number of hydrogen-bond acceptors (Lipinski definition) is 7. The fraction of sp³-hybridized carbons (Fsp3) is 0.636. The van der Waals surface area contributed by atoms with Crippen molar-refractivity contribution in [2.45, 2.75) is 70.2 Å². The molecule has 9 heteroatoms. The standard InChI is InChI=1S/C33H41N2O6P/c1-30-15-21-17-35(23-5-7-24(8-6-23)38-12-3-13-42)34-27(21)14-22(30)4-9-25-26-10-11-32(31(26,2)16-28(36)29(25)30)33(41-20-39-32)18-37-19-40-33/h5-8,14,17,25-26,29H,3-4,9-13,15-16,18-20,42H2,1-2H3/t25-,26-,29+,30-,31-,32+,33?/m0/s1. The van der Waals surface area contributed by atoms with E-state index in [1.807, 2.05) is 16.8 Å². The highest BCUT2D eigenvalue weighted by molar-refractivity contribution is 7.16. The third kappa shape index (κ3) is 3.65. The number of carbonyl (C=O) groups is 1. The number of carbonyl (C=O) groups excluding carboxylic acids is 1. The van der Waals surface area contributed by atoms with E-state index < -0.39 is 11.4 Å². The minimum Gasteiger partial charge on any atom is -0.494 e. The van der Waals surface area contributed by atoms with Gasteiger partial charge in [-0.25, -0.2) is 4.68 Å². The molecule has 2 aromatic rings. The van der Waals surface area contributed by atoms with E-state index in [0.29, 0.717) is 30.6 Å². The number of ether oxygens (including phenoxy) is 5. The van der Waals surface area contributed by atoms with Crippen molar-refractivity contribution in [3.05, 3.63) is 47.3 Å². The zero-order valence-electron chi connectivity index (χ0n) is 24.6. The summed E-state index contributed by atoms with van der Waals surface area (Å²) in [5.41, 5.74) is 3.46. The number of hydrogen-bond donors (Lipinski definition) is 0. The van der Waals surface area contributed by atoms with Gasteiger partial charge in [0.1, 0.15) is 23.7 Å². The normalized spacial score (nSPS) is 40.1. The van der Waals surface area contributed by atoms with Crippen LogP contribution in [0.2, 0.25) is 0 Å². The van der Waals surface area contributed by atoms with E-state index in [0.717, 1.165) is 68.4 Å². The van der Waals surface area contributed by atoms with Crippen molar-refractivity contribution in [1.29, 1.82) is 0 Å². The van der Waals surface area contributed by atoms with Crippen molar-refractivity contribution in [1.82, 2.24) is 9.78 Å². The molecule has 224 valence electrons. The fourth-order valence-electron chi connectivity index (χ4n) is 9.96. The van der Waals surface area contributed by atoms with Gasteiger partial charge >= 0.3 is 0 Å². The molecule has 3 heterocycles. The van der Waals surface area contributed by atoms with Gasteiger partial charge in [0.2, 0.25) is 5.79 Å². The highest BCUT2D eigenvalue weighted by atomic mass is 31.0. The first-order valence-corrected chi connectivity index (χ1v) is 16.4. The van der Waals surface area contributed by atoms with E-state index in [4.69, 9.17) is 28.8 Å². The second-order valence-electron chi connectivity index (χ2n) is 13.7. The summed E-state index contributed by atoms with van der Waals surface area (Å²) in [6.45, 7) is 6.10. The first-order valence-electron chi connectivity index (χ1n) is 15.6. The molecule has 5 fully saturated rings. The number of nitrogens with zero attached hydrogens (tertiary/aromatic N) is 2. The fourth-order valence-corrected chi connectivity index (χ4v) is 10.1. The highest BCUT2D eigenvalue weighted by Crippen LogP contribution is 2.70. The lowest BCUT2D eigenvalue weighted by molar-refractivity contribution is -0.246. The van der Waals surface area contributed by atoms with Gasteiger partial charge in [-0.1, -0.05) is 19.4 Å². The van der Waals surface area contributed by atoms with Crippen LogP contribution in [0.4, 0.5) is 0 Å². The molecule has 2 spiro atoms. The van der Waals surface area contributed by atoms with Crippen LogP contribution in [0.15, 0.2) is 36.0 Å². The van der Waals surface area contributed by atoms with E-state index in [-0.39, 0.29) is 30.3 Å². The van der Waals surface area contributed by atoms with Crippen molar-refractivity contribution in [2.24, 2.45) is 28.6 Å². The van der Waals surface area contributed by atoms with Gasteiger partial charge in [-0.15, -0.1) is 9.24 Å². The van der Waals surface area contributed by atoms with Crippen molar-refractivity contribution in [3.63, 3.8) is 0 Å². The maximum atomic E-state index is 14.4. The maximum absolute atomic E-state index is 14.4. The highest BCUT2D eigenvalue weighted by Gasteiger charge is 2.76. The number of fused-ring (bicyclic) bond motifs is 8. The van der Waals surface area contributed by atoms with Crippen LogP contribution in [0.25, 0.3) is 11.8 Å². The Bertz CT molecular complexity index is 1430. The average Bonchev–Trinajstić information content (AvgIpc) is 3.75. The Morgan fingerprint density at radius 2 is 1.93 bits per heavy atom. The summed E-state index contributed by atoms with van der Waals surface area (Å²) in [5.74, 6) is 1.04. The van der Waals surface area contributed by atoms with Crippen molar-refractivity contribution < 1.29 is 28.5 Å². The third-order valence-corrected chi connectivity index (χ3v) is 12.2. The predicted octanol–water partition coefficient (Wildman–Crippen LogP) is 5.32. The molecule has 8 rings (SSSR count). The van der Waals surface area contributed by atoms with Gasteiger partial charge in [-0.2, -0.15) is 5.10 Å². The lowest BCUT2D eigenvalue weighted by Gasteiger charge is -2.59. The number of benzene rings is 1. The summed E-state index contributed by atoms with van der Waals surface area (Å²) in [5, 5.41) is 4.98. The molecule has 2 saturated heterocycles. The van der Waals surface area contributed by atoms with Crippen molar-refractivity contribution >= 4 is 21.1 Å². The van der Waals surface area contributed by atoms with Crippen LogP contribution in [0.1, 0.15) is 63.6 Å². The molecule has 42 heavy (non-hydrogen) atoms. The van der Waals surface area contributed by atoms with Gasteiger partial charge in [0.25, 0.3) is 0 Å². The molecule has 1 aromatic heterocycles. The van der Waals surface area contributed by atoms with Crippen LogP contribution < -0.4 is 4.74 Å². The van der Waals surface area contributed by atoms with Crippen LogP contribution in [0.5, 0.6) is 5.75 Å². The van der Waals surface area contributed by atoms with E-state index >= 15 is 0 Å². The maximum Gasteiger partial charge on any atom is 0.226 e. The topological polar surface area (TPSA) is 81.0 Å². The quantitative estimate of drug-likeness (QED) is 0.343. The van der Waals surface area contributed by atoms with E-state index in [9.17, 15) is 4.79 Å². The first-order chi connectivity index (χ1) is 20.3. The molecule has 0 radical (unpaired) electrons. The number of aromatic nitrogens is 2. The van der Waals surface area contributed by atoms with Gasteiger partial charge in [-0.3, -0.25) is 4.79 Å². The Hall–Kier alpha value is -2.09. The number of Topliss-reactive ketones (excluding diaryl/α,β-unsaturated/α-hetero) is 1. The molecule has 4 aliphatic carbocycles. The second-order valence-corrected chi connectivity index (χ2v) is 14.3. The first kappa shape index (κ1) is 27.5. The number of ketones is 1.